The van der Waals surface area contributed by atoms with Crippen molar-refractivity contribution in [3.8, 4) is 0 Å². The molecule has 0 aromatic heterocycles. The van der Waals surface area contributed by atoms with Crippen LogP contribution in [0, 0.1) is 11.3 Å². The lowest BCUT2D eigenvalue weighted by Gasteiger charge is -2.39. The molecule has 0 saturated carbocycles. The minimum atomic E-state index is -0.103. The van der Waals surface area contributed by atoms with Crippen LogP contribution in [0.15, 0.2) is 0 Å². The number of nitrogens with zero attached hydrogens (tertiary/aromatic N) is 2. The maximum Gasteiger partial charge on any atom is 0.227 e. The molecule has 0 bridgehead atoms. The smallest absolute Gasteiger partial charge is 0.227 e. The fourth-order valence-corrected chi connectivity index (χ4v) is 3.71. The summed E-state index contributed by atoms with van der Waals surface area (Å²) in [6.45, 7) is 4.57. The van der Waals surface area contributed by atoms with E-state index in [-0.39, 0.29) is 30.1 Å². The maximum atomic E-state index is 12.4. The van der Waals surface area contributed by atoms with Gasteiger partial charge in [-0.05, 0) is 31.2 Å². The first-order valence-electron chi connectivity index (χ1n) is 7.33. The van der Waals surface area contributed by atoms with Gasteiger partial charge in [0, 0.05) is 39.6 Å². The highest BCUT2D eigenvalue weighted by Crippen LogP contribution is 2.37. The number of hydrogen-bond donors (Lipinski definition) is 1. The molecule has 0 aromatic rings. The third-order valence-electron chi connectivity index (χ3n) is 5.16. The molecule has 2 amide bonds. The van der Waals surface area contributed by atoms with Crippen molar-refractivity contribution in [3.63, 3.8) is 0 Å². The first kappa shape index (κ1) is 15.6. The van der Waals surface area contributed by atoms with Crippen LogP contribution in [-0.4, -0.2) is 61.4 Å². The van der Waals surface area contributed by atoms with Crippen LogP contribution in [0.3, 0.4) is 0 Å². The molecule has 3 heterocycles. The number of piperidine rings is 1. The first-order valence-corrected chi connectivity index (χ1v) is 7.33. The molecule has 1 atom stereocenters. The lowest BCUT2D eigenvalue weighted by Crippen LogP contribution is -2.46. The number of amides is 2. The van der Waals surface area contributed by atoms with Crippen molar-refractivity contribution >= 4 is 24.2 Å². The Morgan fingerprint density at radius 2 is 2.00 bits per heavy atom. The molecule has 1 N–H and O–H groups in total. The van der Waals surface area contributed by atoms with Crippen LogP contribution >= 0.6 is 12.4 Å². The van der Waals surface area contributed by atoms with E-state index in [4.69, 9.17) is 0 Å². The molecule has 1 spiro atoms. The summed E-state index contributed by atoms with van der Waals surface area (Å²) in [5.41, 5.74) is 0.444. The molecule has 0 aliphatic carbocycles. The van der Waals surface area contributed by atoms with E-state index < -0.39 is 0 Å². The van der Waals surface area contributed by atoms with Crippen LogP contribution in [-0.2, 0) is 9.59 Å². The summed E-state index contributed by atoms with van der Waals surface area (Å²) in [5, 5.41) is 3.44. The standard InChI is InChI=1S/C14H23N3O2.ClH/c1-16-9-11(8-12(16)18)13(19)17-6-3-14(4-7-17)2-5-15-10-14;/h11,15H,2-10H2,1H3;1H. The van der Waals surface area contributed by atoms with Crippen molar-refractivity contribution in [2.75, 3.05) is 39.8 Å². The molecular weight excluding hydrogens is 278 g/mol. The van der Waals surface area contributed by atoms with E-state index >= 15 is 0 Å². The Bertz CT molecular complexity index is 386. The second-order valence-electron chi connectivity index (χ2n) is 6.43. The highest BCUT2D eigenvalue weighted by Gasteiger charge is 2.41. The van der Waals surface area contributed by atoms with Crippen LogP contribution in [0.2, 0.25) is 0 Å². The Morgan fingerprint density at radius 1 is 1.30 bits per heavy atom. The van der Waals surface area contributed by atoms with Crippen molar-refractivity contribution in [1.29, 1.82) is 0 Å². The van der Waals surface area contributed by atoms with Gasteiger partial charge in [-0.3, -0.25) is 9.59 Å². The maximum absolute atomic E-state index is 12.4. The van der Waals surface area contributed by atoms with Gasteiger partial charge in [0.1, 0.15) is 0 Å². The molecule has 3 aliphatic rings. The Morgan fingerprint density at radius 3 is 2.50 bits per heavy atom. The van der Waals surface area contributed by atoms with Crippen molar-refractivity contribution in [3.05, 3.63) is 0 Å². The third kappa shape index (κ3) is 2.79. The van der Waals surface area contributed by atoms with Crippen molar-refractivity contribution in [2.24, 2.45) is 11.3 Å². The monoisotopic (exact) mass is 301 g/mol. The minimum Gasteiger partial charge on any atom is -0.345 e. The zero-order chi connectivity index (χ0) is 13.5. The number of rotatable bonds is 1. The quantitative estimate of drug-likeness (QED) is 0.767. The van der Waals surface area contributed by atoms with Gasteiger partial charge >= 0.3 is 0 Å². The first-order chi connectivity index (χ1) is 9.10. The molecule has 1 unspecified atom stereocenters. The summed E-state index contributed by atoms with van der Waals surface area (Å²) in [6, 6.07) is 0. The predicted molar refractivity (Wildman–Crippen MR) is 78.7 cm³/mol. The normalized spacial score (nSPS) is 28.9. The van der Waals surface area contributed by atoms with E-state index in [1.54, 1.807) is 11.9 Å². The fourth-order valence-electron chi connectivity index (χ4n) is 3.71. The second-order valence-corrected chi connectivity index (χ2v) is 6.43. The molecular formula is C14H24ClN3O2. The second kappa shape index (κ2) is 5.90. The zero-order valence-electron chi connectivity index (χ0n) is 12.1. The van der Waals surface area contributed by atoms with E-state index in [1.165, 1.54) is 6.42 Å². The molecule has 3 aliphatic heterocycles. The van der Waals surface area contributed by atoms with Crippen molar-refractivity contribution in [2.45, 2.75) is 25.7 Å². The van der Waals surface area contributed by atoms with Gasteiger partial charge in [0.25, 0.3) is 0 Å². The lowest BCUT2D eigenvalue weighted by atomic mass is 9.77. The average molecular weight is 302 g/mol. The Kier molecular flexibility index (Phi) is 4.59. The van der Waals surface area contributed by atoms with Crippen LogP contribution in [0.5, 0.6) is 0 Å². The number of nitrogens with one attached hydrogen (secondary N) is 1. The Labute approximate surface area is 126 Å². The Balaban J connectivity index is 0.00000147. The number of carbonyl (C=O) groups is 2. The van der Waals surface area contributed by atoms with E-state index in [0.29, 0.717) is 18.4 Å². The number of likely N-dealkylation sites (tertiary alicyclic amines) is 2. The Hall–Kier alpha value is -0.810. The highest BCUT2D eigenvalue weighted by molar-refractivity contribution is 5.89. The minimum absolute atomic E-state index is 0. The summed E-state index contributed by atoms with van der Waals surface area (Å²) in [4.78, 5) is 27.6. The van der Waals surface area contributed by atoms with E-state index in [1.807, 2.05) is 4.90 Å². The van der Waals surface area contributed by atoms with Crippen LogP contribution in [0.1, 0.15) is 25.7 Å². The van der Waals surface area contributed by atoms with Gasteiger partial charge in [0.15, 0.2) is 0 Å². The molecule has 0 radical (unpaired) electrons. The van der Waals surface area contributed by atoms with Gasteiger partial charge in [-0.25, -0.2) is 0 Å². The number of carbonyl (C=O) groups excluding carboxylic acids is 2. The summed E-state index contributed by atoms with van der Waals surface area (Å²) in [6.07, 6.45) is 3.88. The average Bonchev–Trinajstić information content (AvgIpc) is 2.98. The predicted octanol–water partition coefficient (Wildman–Crippen LogP) is 0.489. The molecule has 3 rings (SSSR count). The molecule has 20 heavy (non-hydrogen) atoms. The SMILES string of the molecule is CN1CC(C(=O)N2CCC3(CCNC3)CC2)CC1=O.Cl. The topological polar surface area (TPSA) is 52.7 Å². The molecule has 3 saturated heterocycles. The van der Waals surface area contributed by atoms with Crippen molar-refractivity contribution in [1.82, 2.24) is 15.1 Å². The van der Waals surface area contributed by atoms with Crippen LogP contribution < -0.4 is 5.32 Å². The van der Waals surface area contributed by atoms with Gasteiger partial charge in [0.2, 0.25) is 11.8 Å². The summed E-state index contributed by atoms with van der Waals surface area (Å²) in [7, 11) is 1.78. The largest absolute Gasteiger partial charge is 0.345 e. The van der Waals surface area contributed by atoms with Gasteiger partial charge in [0.05, 0.1) is 5.92 Å². The third-order valence-corrected chi connectivity index (χ3v) is 5.16. The zero-order valence-corrected chi connectivity index (χ0v) is 12.9. The van der Waals surface area contributed by atoms with Crippen LogP contribution in [0.25, 0.3) is 0 Å². The van der Waals surface area contributed by atoms with Crippen molar-refractivity contribution < 1.29 is 9.59 Å². The molecule has 6 heteroatoms. The van der Waals surface area contributed by atoms with Gasteiger partial charge in [-0.2, -0.15) is 0 Å². The summed E-state index contributed by atoms with van der Waals surface area (Å²) in [5.74, 6) is 0.193. The summed E-state index contributed by atoms with van der Waals surface area (Å²) >= 11 is 0. The highest BCUT2D eigenvalue weighted by atomic mass is 35.5. The van der Waals surface area contributed by atoms with E-state index in [9.17, 15) is 9.59 Å². The number of halogens is 1. The van der Waals surface area contributed by atoms with Crippen LogP contribution in [0.4, 0.5) is 0 Å². The summed E-state index contributed by atoms with van der Waals surface area (Å²) < 4.78 is 0. The molecule has 0 aromatic carbocycles. The molecule has 114 valence electrons. The van der Waals surface area contributed by atoms with Gasteiger partial charge < -0.3 is 15.1 Å². The van der Waals surface area contributed by atoms with E-state index in [0.717, 1.165) is 39.0 Å². The van der Waals surface area contributed by atoms with E-state index in [2.05, 4.69) is 5.32 Å². The number of hydrogen-bond acceptors (Lipinski definition) is 3. The lowest BCUT2D eigenvalue weighted by molar-refractivity contribution is -0.138. The molecule has 5 nitrogen and oxygen atoms in total. The van der Waals surface area contributed by atoms with Gasteiger partial charge in [-0.1, -0.05) is 0 Å². The molecule has 3 fully saturated rings. The fraction of sp³-hybridized carbons (Fsp3) is 0.857. The van der Waals surface area contributed by atoms with Gasteiger partial charge in [-0.15, -0.1) is 12.4 Å².